The standard InChI is InChI=1S/C31H25FN6O3/c1-17-19(4-2-7-25(17)38-16-35-23-6-3-5-22(32)27(23)31(38)40)21-15-34-29(30(33)39)28-26(21)20-9-8-18(14-24(20)36-28)37-10-12-41-13-11-37/h2-9,14-16,36H,10-13H2,1H3,(H2,33,39). The minimum Gasteiger partial charge on any atom is -0.378 e. The lowest BCUT2D eigenvalue weighted by Crippen LogP contribution is -2.36. The number of pyridine rings is 1. The highest BCUT2D eigenvalue weighted by molar-refractivity contribution is 6.19. The summed E-state index contributed by atoms with van der Waals surface area (Å²) in [6, 6.07) is 16.1. The van der Waals surface area contributed by atoms with Crippen molar-refractivity contribution in [2.45, 2.75) is 6.92 Å². The fraction of sp³-hybridized carbons (Fsp3) is 0.161. The summed E-state index contributed by atoms with van der Waals surface area (Å²) in [7, 11) is 0. The number of benzene rings is 3. The van der Waals surface area contributed by atoms with Gasteiger partial charge in [0.2, 0.25) is 0 Å². The van der Waals surface area contributed by atoms with E-state index in [1.54, 1.807) is 18.3 Å². The number of aromatic amines is 1. The summed E-state index contributed by atoms with van der Waals surface area (Å²) < 4.78 is 21.5. The lowest BCUT2D eigenvalue weighted by Gasteiger charge is -2.28. The van der Waals surface area contributed by atoms with Crippen LogP contribution in [0, 0.1) is 12.7 Å². The summed E-state index contributed by atoms with van der Waals surface area (Å²) in [6.07, 6.45) is 3.05. The van der Waals surface area contributed by atoms with E-state index in [2.05, 4.69) is 32.0 Å². The molecule has 3 aromatic carbocycles. The van der Waals surface area contributed by atoms with Crippen molar-refractivity contribution >= 4 is 44.3 Å². The third-order valence-electron chi connectivity index (χ3n) is 7.81. The van der Waals surface area contributed by atoms with Crippen molar-refractivity contribution in [2.75, 3.05) is 31.2 Å². The number of fused-ring (bicyclic) bond motifs is 4. The average Bonchev–Trinajstić information content (AvgIpc) is 3.37. The minimum absolute atomic E-state index is 0.0672. The quantitative estimate of drug-likeness (QED) is 0.336. The first-order chi connectivity index (χ1) is 19.9. The van der Waals surface area contributed by atoms with E-state index in [1.165, 1.54) is 23.0 Å². The second kappa shape index (κ2) is 9.53. The summed E-state index contributed by atoms with van der Waals surface area (Å²) in [4.78, 5) is 40.2. The van der Waals surface area contributed by atoms with Gasteiger partial charge in [0.05, 0.1) is 29.9 Å². The van der Waals surface area contributed by atoms with Gasteiger partial charge in [-0.1, -0.05) is 24.3 Å². The number of anilines is 1. The number of rotatable bonds is 4. The van der Waals surface area contributed by atoms with Crippen molar-refractivity contribution in [3.8, 4) is 16.8 Å². The molecule has 0 atom stereocenters. The molecule has 1 saturated heterocycles. The molecule has 10 heteroatoms. The molecular weight excluding hydrogens is 523 g/mol. The Morgan fingerprint density at radius 2 is 1.83 bits per heavy atom. The summed E-state index contributed by atoms with van der Waals surface area (Å²) in [5.74, 6) is -1.26. The molecule has 3 N–H and O–H groups in total. The third-order valence-corrected chi connectivity index (χ3v) is 7.81. The molecule has 4 heterocycles. The number of hydrogen-bond acceptors (Lipinski definition) is 6. The van der Waals surface area contributed by atoms with Gasteiger partial charge in [-0.25, -0.2) is 14.4 Å². The predicted octanol–water partition coefficient (Wildman–Crippen LogP) is 4.47. The second-order valence-corrected chi connectivity index (χ2v) is 10.1. The molecule has 6 aromatic rings. The SMILES string of the molecule is Cc1c(-c2cnc(C(N)=O)c3[nH]c4cc(N5CCOCC5)ccc4c23)cccc1-n1cnc2cccc(F)c2c1=O. The average molecular weight is 549 g/mol. The van der Waals surface area contributed by atoms with E-state index in [4.69, 9.17) is 10.5 Å². The van der Waals surface area contributed by atoms with Crippen molar-refractivity contribution in [1.82, 2.24) is 19.5 Å². The molecular formula is C31H25FN6O3. The highest BCUT2D eigenvalue weighted by Gasteiger charge is 2.21. The Balaban J connectivity index is 1.45. The van der Waals surface area contributed by atoms with Crippen LogP contribution in [0.4, 0.5) is 10.1 Å². The zero-order valence-electron chi connectivity index (χ0n) is 22.1. The first-order valence-corrected chi connectivity index (χ1v) is 13.3. The first kappa shape index (κ1) is 24.9. The molecule has 1 aliphatic heterocycles. The van der Waals surface area contributed by atoms with Gasteiger partial charge in [0.25, 0.3) is 11.5 Å². The maximum Gasteiger partial charge on any atom is 0.269 e. The molecule has 1 aliphatic rings. The van der Waals surface area contributed by atoms with E-state index in [0.717, 1.165) is 51.8 Å². The molecule has 41 heavy (non-hydrogen) atoms. The molecule has 9 nitrogen and oxygen atoms in total. The van der Waals surface area contributed by atoms with Crippen LogP contribution in [0.5, 0.6) is 0 Å². The Morgan fingerprint density at radius 1 is 1.02 bits per heavy atom. The maximum atomic E-state index is 14.6. The number of ether oxygens (including phenoxy) is 1. The van der Waals surface area contributed by atoms with Crippen molar-refractivity contribution in [3.05, 3.63) is 94.5 Å². The van der Waals surface area contributed by atoms with Crippen LogP contribution < -0.4 is 16.2 Å². The maximum absolute atomic E-state index is 14.6. The fourth-order valence-corrected chi connectivity index (χ4v) is 5.78. The zero-order chi connectivity index (χ0) is 28.2. The van der Waals surface area contributed by atoms with Crippen LogP contribution in [0.1, 0.15) is 16.1 Å². The zero-order valence-corrected chi connectivity index (χ0v) is 22.1. The van der Waals surface area contributed by atoms with Gasteiger partial charge in [-0.2, -0.15) is 0 Å². The lowest BCUT2D eigenvalue weighted by molar-refractivity contribution is 0.0997. The number of carbonyl (C=O) groups is 1. The van der Waals surface area contributed by atoms with E-state index >= 15 is 0 Å². The number of amides is 1. The Morgan fingerprint density at radius 3 is 2.63 bits per heavy atom. The highest BCUT2D eigenvalue weighted by atomic mass is 19.1. The number of morpholine rings is 1. The number of halogens is 1. The van der Waals surface area contributed by atoms with Crippen LogP contribution >= 0.6 is 0 Å². The number of primary amides is 1. The van der Waals surface area contributed by atoms with Crippen molar-refractivity contribution < 1.29 is 13.9 Å². The molecule has 1 fully saturated rings. The molecule has 204 valence electrons. The van der Waals surface area contributed by atoms with Crippen LogP contribution in [-0.4, -0.2) is 51.7 Å². The highest BCUT2D eigenvalue weighted by Crippen LogP contribution is 2.39. The number of nitrogens with one attached hydrogen (secondary N) is 1. The number of carbonyl (C=O) groups excluding carboxylic acids is 1. The summed E-state index contributed by atoms with van der Waals surface area (Å²) >= 11 is 0. The Kier molecular flexibility index (Phi) is 5.79. The van der Waals surface area contributed by atoms with Crippen LogP contribution in [0.15, 0.2) is 71.9 Å². The second-order valence-electron chi connectivity index (χ2n) is 10.1. The summed E-state index contributed by atoms with van der Waals surface area (Å²) in [6.45, 7) is 4.82. The van der Waals surface area contributed by atoms with Gasteiger partial charge >= 0.3 is 0 Å². The molecule has 1 amide bonds. The molecule has 0 unspecified atom stereocenters. The first-order valence-electron chi connectivity index (χ1n) is 13.3. The monoisotopic (exact) mass is 548 g/mol. The predicted molar refractivity (Wildman–Crippen MR) is 156 cm³/mol. The minimum atomic E-state index is -0.636. The van der Waals surface area contributed by atoms with Gasteiger partial charge in [-0.05, 0) is 48.4 Å². The van der Waals surface area contributed by atoms with Gasteiger partial charge in [0.15, 0.2) is 5.69 Å². The van der Waals surface area contributed by atoms with Crippen molar-refractivity contribution in [3.63, 3.8) is 0 Å². The smallest absolute Gasteiger partial charge is 0.269 e. The molecule has 0 spiro atoms. The topological polar surface area (TPSA) is 119 Å². The molecule has 3 aromatic heterocycles. The normalized spacial score (nSPS) is 13.9. The van der Waals surface area contributed by atoms with E-state index < -0.39 is 17.3 Å². The van der Waals surface area contributed by atoms with Gasteiger partial charge in [-0.15, -0.1) is 0 Å². The Labute approximate surface area is 233 Å². The molecule has 0 bridgehead atoms. The van der Waals surface area contributed by atoms with Gasteiger partial charge in [0.1, 0.15) is 17.5 Å². The number of hydrogen-bond donors (Lipinski definition) is 2. The molecule has 0 radical (unpaired) electrons. The number of nitrogens with zero attached hydrogens (tertiary/aromatic N) is 4. The Hall–Kier alpha value is -5.09. The van der Waals surface area contributed by atoms with Crippen LogP contribution in [0.25, 0.3) is 49.5 Å². The molecule has 7 rings (SSSR count). The van der Waals surface area contributed by atoms with E-state index in [0.29, 0.717) is 29.9 Å². The lowest BCUT2D eigenvalue weighted by atomic mass is 9.95. The fourth-order valence-electron chi connectivity index (χ4n) is 5.78. The van der Waals surface area contributed by atoms with Gasteiger partial charge < -0.3 is 20.4 Å². The Bertz CT molecular complexity index is 2080. The van der Waals surface area contributed by atoms with E-state index in [-0.39, 0.29) is 11.1 Å². The molecule has 0 aliphatic carbocycles. The number of aromatic nitrogens is 4. The van der Waals surface area contributed by atoms with Crippen LogP contribution in [0.2, 0.25) is 0 Å². The van der Waals surface area contributed by atoms with Crippen LogP contribution in [-0.2, 0) is 4.74 Å². The third kappa shape index (κ3) is 3.94. The van der Waals surface area contributed by atoms with Crippen molar-refractivity contribution in [2.24, 2.45) is 5.73 Å². The van der Waals surface area contributed by atoms with E-state index in [1.807, 2.05) is 25.1 Å². The number of nitrogens with two attached hydrogens (primary N) is 1. The summed E-state index contributed by atoms with van der Waals surface area (Å²) in [5, 5.41) is 1.64. The van der Waals surface area contributed by atoms with Gasteiger partial charge in [-0.3, -0.25) is 14.2 Å². The number of H-pyrrole nitrogens is 1. The van der Waals surface area contributed by atoms with Crippen LogP contribution in [0.3, 0.4) is 0 Å². The molecule has 0 saturated carbocycles. The largest absolute Gasteiger partial charge is 0.378 e. The van der Waals surface area contributed by atoms with Crippen molar-refractivity contribution in [1.29, 1.82) is 0 Å². The van der Waals surface area contributed by atoms with E-state index in [9.17, 15) is 14.0 Å². The van der Waals surface area contributed by atoms with Gasteiger partial charge in [0, 0.05) is 46.8 Å². The summed E-state index contributed by atoms with van der Waals surface area (Å²) in [5.41, 5.74) is 11.0.